The van der Waals surface area contributed by atoms with Gasteiger partial charge in [-0.3, -0.25) is 0 Å². The van der Waals surface area contributed by atoms with E-state index in [0.717, 1.165) is 11.3 Å². The highest BCUT2D eigenvalue weighted by molar-refractivity contribution is 6.31. The number of nitrogen functional groups attached to an aromatic ring is 1. The van der Waals surface area contributed by atoms with Crippen LogP contribution in [0.2, 0.25) is 5.02 Å². The summed E-state index contributed by atoms with van der Waals surface area (Å²) < 4.78 is 15.0. The highest BCUT2D eigenvalue weighted by Crippen LogP contribution is 2.29. The summed E-state index contributed by atoms with van der Waals surface area (Å²) in [5, 5.41) is 4.55. The summed E-state index contributed by atoms with van der Waals surface area (Å²) >= 11 is 5.81. The summed E-state index contributed by atoms with van der Waals surface area (Å²) in [6.45, 7) is 2.00. The molecule has 0 saturated carbocycles. The van der Waals surface area contributed by atoms with Gasteiger partial charge in [0.25, 0.3) is 0 Å². The maximum atomic E-state index is 13.2. The molecule has 0 amide bonds. The SMILES string of the molecule is Cc1ccccc1-n1cc(N)c(-c2ccc(F)c(Cl)c2)n1. The van der Waals surface area contributed by atoms with Gasteiger partial charge in [0.05, 0.1) is 22.6 Å². The molecule has 0 unspecified atom stereocenters. The number of nitrogens with two attached hydrogens (primary N) is 1. The largest absolute Gasteiger partial charge is 0.396 e. The van der Waals surface area contributed by atoms with Crippen molar-refractivity contribution in [3.63, 3.8) is 0 Å². The van der Waals surface area contributed by atoms with E-state index in [4.69, 9.17) is 17.3 Å². The number of hydrogen-bond acceptors (Lipinski definition) is 2. The molecule has 0 saturated heterocycles. The second-order valence-corrected chi connectivity index (χ2v) is 5.20. The fourth-order valence-corrected chi connectivity index (χ4v) is 2.38. The quantitative estimate of drug-likeness (QED) is 0.770. The van der Waals surface area contributed by atoms with E-state index < -0.39 is 5.82 Å². The number of aryl methyl sites for hydroxylation is 1. The molecule has 2 N–H and O–H groups in total. The van der Waals surface area contributed by atoms with E-state index in [-0.39, 0.29) is 5.02 Å². The Morgan fingerprint density at radius 2 is 1.95 bits per heavy atom. The van der Waals surface area contributed by atoms with E-state index in [0.29, 0.717) is 16.9 Å². The third-order valence-electron chi connectivity index (χ3n) is 3.30. The summed E-state index contributed by atoms with van der Waals surface area (Å²) in [5.74, 6) is -0.461. The zero-order valence-corrected chi connectivity index (χ0v) is 12.1. The average Bonchev–Trinajstić information content (AvgIpc) is 2.84. The van der Waals surface area contributed by atoms with Crippen molar-refractivity contribution >= 4 is 17.3 Å². The second kappa shape index (κ2) is 5.22. The van der Waals surface area contributed by atoms with Crippen molar-refractivity contribution in [2.75, 3.05) is 5.73 Å². The maximum Gasteiger partial charge on any atom is 0.141 e. The normalized spacial score (nSPS) is 10.8. The summed E-state index contributed by atoms with van der Waals surface area (Å²) in [5.41, 5.74) is 9.85. The Morgan fingerprint density at radius 3 is 2.67 bits per heavy atom. The molecule has 3 rings (SSSR count). The molecule has 5 heteroatoms. The zero-order valence-electron chi connectivity index (χ0n) is 11.3. The highest BCUT2D eigenvalue weighted by atomic mass is 35.5. The van der Waals surface area contributed by atoms with Gasteiger partial charge in [-0.05, 0) is 36.8 Å². The van der Waals surface area contributed by atoms with Gasteiger partial charge in [0.15, 0.2) is 0 Å². The first kappa shape index (κ1) is 13.6. The second-order valence-electron chi connectivity index (χ2n) is 4.79. The molecule has 0 spiro atoms. The van der Waals surface area contributed by atoms with Crippen molar-refractivity contribution in [3.05, 3.63) is 65.1 Å². The van der Waals surface area contributed by atoms with Gasteiger partial charge in [0, 0.05) is 5.56 Å². The molecular formula is C16H13ClFN3. The minimum atomic E-state index is -0.461. The lowest BCUT2D eigenvalue weighted by molar-refractivity contribution is 0.628. The summed E-state index contributed by atoms with van der Waals surface area (Å²) in [4.78, 5) is 0. The van der Waals surface area contributed by atoms with Gasteiger partial charge in [0.2, 0.25) is 0 Å². The molecule has 0 atom stereocenters. The van der Waals surface area contributed by atoms with Crippen molar-refractivity contribution in [3.8, 4) is 16.9 Å². The van der Waals surface area contributed by atoms with Gasteiger partial charge in [-0.15, -0.1) is 0 Å². The third kappa shape index (κ3) is 2.50. The van der Waals surface area contributed by atoms with Crippen LogP contribution in [0.1, 0.15) is 5.56 Å². The van der Waals surface area contributed by atoms with Crippen LogP contribution in [0, 0.1) is 12.7 Å². The van der Waals surface area contributed by atoms with Crippen LogP contribution < -0.4 is 5.73 Å². The van der Waals surface area contributed by atoms with Crippen LogP contribution in [-0.2, 0) is 0 Å². The van der Waals surface area contributed by atoms with E-state index in [1.807, 2.05) is 31.2 Å². The minimum absolute atomic E-state index is 0.0531. The molecule has 0 aliphatic heterocycles. The topological polar surface area (TPSA) is 43.8 Å². The Balaban J connectivity index is 2.10. The van der Waals surface area contributed by atoms with Crippen LogP contribution in [-0.4, -0.2) is 9.78 Å². The van der Waals surface area contributed by atoms with Crippen LogP contribution in [0.4, 0.5) is 10.1 Å². The van der Waals surface area contributed by atoms with Gasteiger partial charge in [0.1, 0.15) is 11.5 Å². The third-order valence-corrected chi connectivity index (χ3v) is 3.59. The highest BCUT2D eigenvalue weighted by Gasteiger charge is 2.12. The lowest BCUT2D eigenvalue weighted by Crippen LogP contribution is -1.97. The fraction of sp³-hybridized carbons (Fsp3) is 0.0625. The summed E-state index contributed by atoms with van der Waals surface area (Å²) in [6, 6.07) is 12.3. The summed E-state index contributed by atoms with van der Waals surface area (Å²) in [7, 11) is 0. The van der Waals surface area contributed by atoms with Crippen LogP contribution in [0.25, 0.3) is 16.9 Å². The molecule has 1 heterocycles. The van der Waals surface area contributed by atoms with E-state index >= 15 is 0 Å². The van der Waals surface area contributed by atoms with Gasteiger partial charge in [-0.1, -0.05) is 29.8 Å². The number of para-hydroxylation sites is 1. The van der Waals surface area contributed by atoms with E-state index in [9.17, 15) is 4.39 Å². The van der Waals surface area contributed by atoms with E-state index in [1.54, 1.807) is 16.9 Å². The van der Waals surface area contributed by atoms with E-state index in [1.165, 1.54) is 12.1 Å². The molecular weight excluding hydrogens is 289 g/mol. The Hall–Kier alpha value is -2.33. The van der Waals surface area contributed by atoms with Crippen molar-refractivity contribution in [2.45, 2.75) is 6.92 Å². The molecule has 3 nitrogen and oxygen atoms in total. The average molecular weight is 302 g/mol. The Bertz CT molecular complexity index is 811. The molecule has 0 bridgehead atoms. The van der Waals surface area contributed by atoms with Crippen molar-refractivity contribution in [1.82, 2.24) is 9.78 Å². The molecule has 2 aromatic carbocycles. The lowest BCUT2D eigenvalue weighted by atomic mass is 10.1. The molecule has 21 heavy (non-hydrogen) atoms. The number of benzene rings is 2. The van der Waals surface area contributed by atoms with Crippen molar-refractivity contribution < 1.29 is 4.39 Å². The van der Waals surface area contributed by atoms with Crippen LogP contribution in [0.15, 0.2) is 48.7 Å². The summed E-state index contributed by atoms with van der Waals surface area (Å²) in [6.07, 6.45) is 1.74. The molecule has 1 aromatic heterocycles. The maximum absolute atomic E-state index is 13.2. The van der Waals surface area contributed by atoms with Crippen molar-refractivity contribution in [2.24, 2.45) is 0 Å². The molecule has 3 aromatic rings. The van der Waals surface area contributed by atoms with Crippen molar-refractivity contribution in [1.29, 1.82) is 0 Å². The van der Waals surface area contributed by atoms with Crippen LogP contribution >= 0.6 is 11.6 Å². The van der Waals surface area contributed by atoms with Crippen LogP contribution in [0.5, 0.6) is 0 Å². The Kier molecular flexibility index (Phi) is 3.39. The predicted molar refractivity (Wildman–Crippen MR) is 83.1 cm³/mol. The Labute approximate surface area is 126 Å². The first-order chi connectivity index (χ1) is 10.1. The minimum Gasteiger partial charge on any atom is -0.396 e. The molecule has 0 aliphatic carbocycles. The van der Waals surface area contributed by atoms with Gasteiger partial charge < -0.3 is 5.73 Å². The number of anilines is 1. The lowest BCUT2D eigenvalue weighted by Gasteiger charge is -2.04. The van der Waals surface area contributed by atoms with Gasteiger partial charge in [-0.25, -0.2) is 9.07 Å². The molecule has 0 aliphatic rings. The number of rotatable bonds is 2. The first-order valence-corrected chi connectivity index (χ1v) is 6.80. The van der Waals surface area contributed by atoms with Gasteiger partial charge in [-0.2, -0.15) is 5.10 Å². The smallest absolute Gasteiger partial charge is 0.141 e. The number of nitrogens with zero attached hydrogens (tertiary/aromatic N) is 2. The fourth-order valence-electron chi connectivity index (χ4n) is 2.20. The zero-order chi connectivity index (χ0) is 15.0. The van der Waals surface area contributed by atoms with E-state index in [2.05, 4.69) is 5.10 Å². The standard InChI is InChI=1S/C16H13ClFN3/c1-10-4-2-3-5-15(10)21-9-14(19)16(20-21)11-6-7-13(18)12(17)8-11/h2-9H,19H2,1H3. The number of aromatic nitrogens is 2. The molecule has 0 radical (unpaired) electrons. The number of hydrogen-bond donors (Lipinski definition) is 1. The predicted octanol–water partition coefficient (Wildman–Crippen LogP) is 4.22. The Morgan fingerprint density at radius 1 is 1.19 bits per heavy atom. The molecule has 0 fully saturated rings. The number of halogens is 2. The molecule has 106 valence electrons. The monoisotopic (exact) mass is 301 g/mol. The van der Waals surface area contributed by atoms with Crippen LogP contribution in [0.3, 0.4) is 0 Å². The van der Waals surface area contributed by atoms with Gasteiger partial charge >= 0.3 is 0 Å². The first-order valence-electron chi connectivity index (χ1n) is 6.43.